The second-order valence-electron chi connectivity index (χ2n) is 5.53. The highest BCUT2D eigenvalue weighted by Crippen LogP contribution is 2.14. The smallest absolute Gasteiger partial charge is 0.410 e. The molecule has 1 rings (SSSR count). The number of hydrogen-bond acceptors (Lipinski definition) is 3. The van der Waals surface area contributed by atoms with E-state index in [1.807, 2.05) is 0 Å². The summed E-state index contributed by atoms with van der Waals surface area (Å²) in [6.45, 7) is 1.61. The summed E-state index contributed by atoms with van der Waals surface area (Å²) in [7, 11) is 0. The minimum absolute atomic E-state index is 0.226. The summed E-state index contributed by atoms with van der Waals surface area (Å²) >= 11 is 0. The maximum absolute atomic E-state index is 13.0. The maximum atomic E-state index is 13.0. The molecule has 0 saturated carbocycles. The van der Waals surface area contributed by atoms with Gasteiger partial charge in [0, 0.05) is 17.5 Å². The Morgan fingerprint density at radius 2 is 1.95 bits per heavy atom. The molecule has 1 aromatic carbocycles. The van der Waals surface area contributed by atoms with Crippen LogP contribution < -0.4 is 0 Å². The van der Waals surface area contributed by atoms with Crippen LogP contribution in [0, 0.1) is 5.82 Å². The minimum Gasteiger partial charge on any atom is -0.480 e. The van der Waals surface area contributed by atoms with E-state index in [4.69, 9.17) is 8.85 Å². The number of carbonyl (C=O) groups excluding carboxylic acids is 1. The molecule has 0 aliphatic carbocycles. The SMILES string of the molecule is [2H]C([2H])([2H])N(C(=O)OC(C)(C)C)[C@@H](Cc1ccc(F)cc1)C(=O)O. The Hall–Kier alpha value is -2.11. The highest BCUT2D eigenvalue weighted by Gasteiger charge is 2.30. The standard InChI is InChI=1S/C15H20FNO4/c1-15(2,3)21-14(20)17(4)12(13(18)19)9-10-5-7-11(16)8-6-10/h5-8,12H,9H2,1-4H3,(H,18,19)/t12-/m0/s1/i4D3. The average Bonchev–Trinajstić information content (AvgIpc) is 2.36. The summed E-state index contributed by atoms with van der Waals surface area (Å²) in [5, 5.41) is 9.40. The number of rotatable bonds is 4. The summed E-state index contributed by atoms with van der Waals surface area (Å²) < 4.78 is 40.4. The number of benzene rings is 1. The highest BCUT2D eigenvalue weighted by molar-refractivity contribution is 5.80. The van der Waals surface area contributed by atoms with E-state index < -0.39 is 36.5 Å². The molecular weight excluding hydrogens is 277 g/mol. The van der Waals surface area contributed by atoms with Gasteiger partial charge in [-0.05, 0) is 38.5 Å². The zero-order chi connectivity index (χ0) is 18.7. The summed E-state index contributed by atoms with van der Waals surface area (Å²) in [6, 6.07) is 3.23. The third-order valence-corrected chi connectivity index (χ3v) is 2.53. The Bertz CT molecular complexity index is 596. The van der Waals surface area contributed by atoms with E-state index in [0.29, 0.717) is 5.56 Å². The first-order valence-electron chi connectivity index (χ1n) is 7.81. The van der Waals surface area contributed by atoms with Gasteiger partial charge >= 0.3 is 12.1 Å². The van der Waals surface area contributed by atoms with E-state index in [1.54, 1.807) is 20.8 Å². The van der Waals surface area contributed by atoms with E-state index in [-0.39, 0.29) is 11.3 Å². The predicted molar refractivity (Wildman–Crippen MR) is 75.5 cm³/mol. The molecule has 0 radical (unpaired) electrons. The number of amides is 1. The second kappa shape index (κ2) is 6.56. The van der Waals surface area contributed by atoms with Crippen LogP contribution in [-0.2, 0) is 16.0 Å². The molecule has 1 amide bonds. The van der Waals surface area contributed by atoms with Crippen molar-refractivity contribution in [1.29, 1.82) is 0 Å². The quantitative estimate of drug-likeness (QED) is 0.928. The molecule has 0 aliphatic rings. The van der Waals surface area contributed by atoms with Gasteiger partial charge in [0.1, 0.15) is 17.5 Å². The fourth-order valence-electron chi connectivity index (χ4n) is 1.57. The van der Waals surface area contributed by atoms with Gasteiger partial charge in [0.2, 0.25) is 0 Å². The first-order chi connectivity index (χ1) is 10.8. The molecule has 0 bridgehead atoms. The zero-order valence-corrected chi connectivity index (χ0v) is 12.1. The van der Waals surface area contributed by atoms with Crippen LogP contribution >= 0.6 is 0 Å². The van der Waals surface area contributed by atoms with Crippen LogP contribution in [0.1, 0.15) is 30.4 Å². The molecule has 0 saturated heterocycles. The lowest BCUT2D eigenvalue weighted by Gasteiger charge is -2.28. The topological polar surface area (TPSA) is 66.8 Å². The number of carbonyl (C=O) groups is 2. The van der Waals surface area contributed by atoms with Crippen LogP contribution in [0.25, 0.3) is 0 Å². The van der Waals surface area contributed by atoms with E-state index in [1.165, 1.54) is 12.1 Å². The van der Waals surface area contributed by atoms with Crippen molar-refractivity contribution in [3.05, 3.63) is 35.6 Å². The van der Waals surface area contributed by atoms with Crippen molar-refractivity contribution < 1.29 is 27.9 Å². The fraction of sp³-hybridized carbons (Fsp3) is 0.467. The normalized spacial score (nSPS) is 15.3. The molecule has 116 valence electrons. The molecule has 6 heteroatoms. The first kappa shape index (κ1) is 12.6. The molecule has 5 nitrogen and oxygen atoms in total. The number of hydrogen-bond donors (Lipinski definition) is 1. The molecule has 1 N–H and O–H groups in total. The molecule has 0 heterocycles. The monoisotopic (exact) mass is 300 g/mol. The van der Waals surface area contributed by atoms with Crippen LogP contribution in [0.15, 0.2) is 24.3 Å². The molecule has 0 fully saturated rings. The predicted octanol–water partition coefficient (Wildman–Crippen LogP) is 2.69. The van der Waals surface area contributed by atoms with Crippen LogP contribution in [0.4, 0.5) is 9.18 Å². The molecular formula is C15H20FNO4. The Kier molecular flexibility index (Phi) is 3.94. The van der Waals surface area contributed by atoms with Crippen molar-refractivity contribution in [3.63, 3.8) is 0 Å². The third-order valence-electron chi connectivity index (χ3n) is 2.53. The summed E-state index contributed by atoms with van der Waals surface area (Å²) in [5.74, 6) is -2.01. The largest absolute Gasteiger partial charge is 0.480 e. The first-order valence-corrected chi connectivity index (χ1v) is 6.31. The van der Waals surface area contributed by atoms with Crippen molar-refractivity contribution in [3.8, 4) is 0 Å². The van der Waals surface area contributed by atoms with Crippen molar-refractivity contribution >= 4 is 12.1 Å². The Labute approximate surface area is 127 Å². The van der Waals surface area contributed by atoms with Gasteiger partial charge in [0.25, 0.3) is 0 Å². The maximum Gasteiger partial charge on any atom is 0.410 e. The number of ether oxygens (including phenoxy) is 1. The molecule has 0 aliphatic heterocycles. The number of carboxylic acids is 1. The Morgan fingerprint density at radius 3 is 2.38 bits per heavy atom. The number of halogens is 1. The van der Waals surface area contributed by atoms with E-state index >= 15 is 0 Å². The summed E-state index contributed by atoms with van der Waals surface area (Å²) in [6.07, 6.45) is -1.55. The number of carboxylic acid groups (broad SMARTS) is 1. The van der Waals surface area contributed by atoms with Crippen LogP contribution in [0.2, 0.25) is 0 Å². The average molecular weight is 300 g/mol. The Balaban J connectivity index is 3.16. The van der Waals surface area contributed by atoms with Crippen molar-refractivity contribution in [2.75, 3.05) is 6.98 Å². The lowest BCUT2D eigenvalue weighted by Crippen LogP contribution is -2.46. The second-order valence-corrected chi connectivity index (χ2v) is 5.53. The van der Waals surface area contributed by atoms with Crippen molar-refractivity contribution in [1.82, 2.24) is 4.90 Å². The van der Waals surface area contributed by atoms with Gasteiger partial charge in [0.05, 0.1) is 0 Å². The van der Waals surface area contributed by atoms with Crippen LogP contribution in [-0.4, -0.2) is 40.7 Å². The van der Waals surface area contributed by atoms with Gasteiger partial charge in [-0.25, -0.2) is 14.0 Å². The number of likely N-dealkylation sites (N-methyl/N-ethyl adjacent to an activating group) is 1. The van der Waals surface area contributed by atoms with E-state index in [0.717, 1.165) is 12.1 Å². The van der Waals surface area contributed by atoms with E-state index in [2.05, 4.69) is 0 Å². The molecule has 21 heavy (non-hydrogen) atoms. The Morgan fingerprint density at radius 1 is 1.38 bits per heavy atom. The van der Waals surface area contributed by atoms with Crippen LogP contribution in [0.5, 0.6) is 0 Å². The zero-order valence-electron chi connectivity index (χ0n) is 15.1. The van der Waals surface area contributed by atoms with Gasteiger partial charge in [-0.15, -0.1) is 0 Å². The fourth-order valence-corrected chi connectivity index (χ4v) is 1.57. The third kappa shape index (κ3) is 5.41. The van der Waals surface area contributed by atoms with Gasteiger partial charge in [0.15, 0.2) is 0 Å². The minimum atomic E-state index is -3.01. The number of nitrogens with zero attached hydrogens (tertiary/aromatic N) is 1. The molecule has 1 atom stereocenters. The van der Waals surface area contributed by atoms with Gasteiger partial charge in [-0.3, -0.25) is 4.90 Å². The van der Waals surface area contributed by atoms with Gasteiger partial charge in [-0.2, -0.15) is 0 Å². The summed E-state index contributed by atoms with van der Waals surface area (Å²) in [5.41, 5.74) is -0.610. The lowest BCUT2D eigenvalue weighted by molar-refractivity contribution is -0.142. The van der Waals surface area contributed by atoms with Gasteiger partial charge in [-0.1, -0.05) is 12.1 Å². The lowest BCUT2D eigenvalue weighted by atomic mass is 10.1. The molecule has 0 unspecified atom stereocenters. The molecule has 0 spiro atoms. The molecule has 1 aromatic rings. The van der Waals surface area contributed by atoms with Crippen molar-refractivity contribution in [2.24, 2.45) is 0 Å². The van der Waals surface area contributed by atoms with Gasteiger partial charge < -0.3 is 9.84 Å². The molecule has 0 aromatic heterocycles. The summed E-state index contributed by atoms with van der Waals surface area (Å²) in [4.78, 5) is 24.0. The van der Waals surface area contributed by atoms with Crippen molar-refractivity contribution in [2.45, 2.75) is 38.8 Å². The number of aliphatic carboxylic acids is 1. The van der Waals surface area contributed by atoms with E-state index in [9.17, 15) is 19.1 Å². The van der Waals surface area contributed by atoms with Crippen LogP contribution in [0.3, 0.4) is 0 Å². The highest BCUT2D eigenvalue weighted by atomic mass is 19.1.